The SMILES string of the molecule is CN(CCC#N)CC1CN(C)CCO1. The van der Waals surface area contributed by atoms with E-state index < -0.39 is 0 Å². The molecule has 0 aromatic heterocycles. The summed E-state index contributed by atoms with van der Waals surface area (Å²) in [5, 5.41) is 8.45. The van der Waals surface area contributed by atoms with Crippen molar-refractivity contribution in [2.45, 2.75) is 12.5 Å². The Morgan fingerprint density at radius 1 is 1.64 bits per heavy atom. The minimum atomic E-state index is 0.303. The number of rotatable bonds is 4. The molecule has 0 aliphatic carbocycles. The van der Waals surface area contributed by atoms with Crippen LogP contribution in [-0.4, -0.2) is 62.8 Å². The molecule has 0 amide bonds. The van der Waals surface area contributed by atoms with E-state index in [-0.39, 0.29) is 0 Å². The van der Waals surface area contributed by atoms with Crippen LogP contribution in [0.4, 0.5) is 0 Å². The Bertz CT molecular complexity index is 202. The van der Waals surface area contributed by atoms with Crippen molar-refractivity contribution in [1.82, 2.24) is 9.80 Å². The average Bonchev–Trinajstić information content (AvgIpc) is 2.15. The maximum Gasteiger partial charge on any atom is 0.0829 e. The lowest BCUT2D eigenvalue weighted by Gasteiger charge is -2.32. The van der Waals surface area contributed by atoms with Crippen LogP contribution < -0.4 is 0 Å². The molecule has 1 saturated heterocycles. The third-order valence-electron chi connectivity index (χ3n) is 2.46. The summed E-state index contributed by atoms with van der Waals surface area (Å²) >= 11 is 0. The van der Waals surface area contributed by atoms with E-state index in [0.29, 0.717) is 12.5 Å². The molecule has 80 valence electrons. The molecule has 0 radical (unpaired) electrons. The van der Waals surface area contributed by atoms with Gasteiger partial charge in [0.15, 0.2) is 0 Å². The maximum atomic E-state index is 8.45. The van der Waals surface area contributed by atoms with Gasteiger partial charge < -0.3 is 14.5 Å². The average molecular weight is 197 g/mol. The van der Waals surface area contributed by atoms with E-state index in [1.807, 2.05) is 7.05 Å². The molecule has 0 spiro atoms. The number of nitrogens with zero attached hydrogens (tertiary/aromatic N) is 3. The summed E-state index contributed by atoms with van der Waals surface area (Å²) in [6.07, 6.45) is 0.899. The predicted octanol–water partition coefficient (Wildman–Crippen LogP) is 0.162. The van der Waals surface area contributed by atoms with Gasteiger partial charge in [0, 0.05) is 32.6 Å². The first-order chi connectivity index (χ1) is 6.72. The van der Waals surface area contributed by atoms with Crippen LogP contribution in [0.5, 0.6) is 0 Å². The summed E-state index contributed by atoms with van der Waals surface area (Å²) in [4.78, 5) is 4.44. The van der Waals surface area contributed by atoms with Gasteiger partial charge in [0.2, 0.25) is 0 Å². The molecule has 1 rings (SSSR count). The lowest BCUT2D eigenvalue weighted by Crippen LogP contribution is -2.45. The van der Waals surface area contributed by atoms with Gasteiger partial charge in [-0.2, -0.15) is 5.26 Å². The van der Waals surface area contributed by atoms with E-state index >= 15 is 0 Å². The first kappa shape index (κ1) is 11.4. The molecule has 1 atom stereocenters. The zero-order valence-corrected chi connectivity index (χ0v) is 9.07. The maximum absolute atomic E-state index is 8.45. The van der Waals surface area contributed by atoms with Gasteiger partial charge in [-0.15, -0.1) is 0 Å². The van der Waals surface area contributed by atoms with Crippen LogP contribution in [0.2, 0.25) is 0 Å². The van der Waals surface area contributed by atoms with E-state index in [9.17, 15) is 0 Å². The van der Waals surface area contributed by atoms with Crippen molar-refractivity contribution in [3.05, 3.63) is 0 Å². The number of hydrogen-bond acceptors (Lipinski definition) is 4. The van der Waals surface area contributed by atoms with Crippen molar-refractivity contribution < 1.29 is 4.74 Å². The fourth-order valence-electron chi connectivity index (χ4n) is 1.66. The summed E-state index contributed by atoms with van der Waals surface area (Å²) < 4.78 is 5.63. The zero-order valence-electron chi connectivity index (χ0n) is 9.07. The van der Waals surface area contributed by atoms with Crippen LogP contribution in [0, 0.1) is 11.3 Å². The number of morpholine rings is 1. The number of ether oxygens (including phenoxy) is 1. The molecule has 1 aliphatic heterocycles. The highest BCUT2D eigenvalue weighted by Crippen LogP contribution is 2.04. The fraction of sp³-hybridized carbons (Fsp3) is 0.900. The smallest absolute Gasteiger partial charge is 0.0829 e. The van der Waals surface area contributed by atoms with Gasteiger partial charge in [-0.25, -0.2) is 0 Å². The second-order valence-corrected chi connectivity index (χ2v) is 3.93. The van der Waals surface area contributed by atoms with Gasteiger partial charge in [0.1, 0.15) is 0 Å². The molecule has 0 bridgehead atoms. The van der Waals surface area contributed by atoms with Crippen LogP contribution in [0.3, 0.4) is 0 Å². The van der Waals surface area contributed by atoms with E-state index in [1.165, 1.54) is 0 Å². The molecular formula is C10H19N3O. The Labute approximate surface area is 86.0 Å². The van der Waals surface area contributed by atoms with Gasteiger partial charge >= 0.3 is 0 Å². The van der Waals surface area contributed by atoms with Crippen LogP contribution in [0.1, 0.15) is 6.42 Å². The highest BCUT2D eigenvalue weighted by molar-refractivity contribution is 4.75. The minimum Gasteiger partial charge on any atom is -0.374 e. The summed E-state index contributed by atoms with van der Waals surface area (Å²) in [6, 6.07) is 2.15. The molecule has 4 heteroatoms. The van der Waals surface area contributed by atoms with Gasteiger partial charge in [-0.1, -0.05) is 0 Å². The molecule has 0 saturated carbocycles. The van der Waals surface area contributed by atoms with Gasteiger partial charge in [0.05, 0.1) is 18.8 Å². The second-order valence-electron chi connectivity index (χ2n) is 3.93. The third-order valence-corrected chi connectivity index (χ3v) is 2.46. The van der Waals surface area contributed by atoms with Crippen molar-refractivity contribution in [2.24, 2.45) is 0 Å². The van der Waals surface area contributed by atoms with Crippen molar-refractivity contribution in [3.8, 4) is 6.07 Å². The van der Waals surface area contributed by atoms with Crippen LogP contribution in [0.25, 0.3) is 0 Å². The highest BCUT2D eigenvalue weighted by atomic mass is 16.5. The molecule has 1 fully saturated rings. The Hall–Kier alpha value is -0.630. The summed E-state index contributed by atoms with van der Waals surface area (Å²) in [5.74, 6) is 0. The molecule has 0 N–H and O–H groups in total. The molecule has 0 aromatic rings. The third kappa shape index (κ3) is 4.05. The minimum absolute atomic E-state index is 0.303. The molecule has 1 unspecified atom stereocenters. The van der Waals surface area contributed by atoms with E-state index in [4.69, 9.17) is 10.00 Å². The summed E-state index contributed by atoms with van der Waals surface area (Å²) in [7, 11) is 4.15. The van der Waals surface area contributed by atoms with Crippen molar-refractivity contribution in [2.75, 3.05) is 46.9 Å². The van der Waals surface area contributed by atoms with Crippen molar-refractivity contribution in [1.29, 1.82) is 5.26 Å². The molecule has 0 aromatic carbocycles. The Morgan fingerprint density at radius 3 is 3.07 bits per heavy atom. The van der Waals surface area contributed by atoms with Crippen LogP contribution in [0.15, 0.2) is 0 Å². The Balaban J connectivity index is 2.19. The second kappa shape index (κ2) is 5.97. The fourth-order valence-corrected chi connectivity index (χ4v) is 1.66. The van der Waals surface area contributed by atoms with Crippen molar-refractivity contribution in [3.63, 3.8) is 0 Å². The summed E-state index contributed by atoms with van der Waals surface area (Å²) in [5.41, 5.74) is 0. The van der Waals surface area contributed by atoms with Crippen LogP contribution in [-0.2, 0) is 4.74 Å². The Kier molecular flexibility index (Phi) is 4.88. The topological polar surface area (TPSA) is 39.5 Å². The number of nitriles is 1. The van der Waals surface area contributed by atoms with Gasteiger partial charge in [-0.05, 0) is 14.1 Å². The molecule has 1 aliphatic rings. The quantitative estimate of drug-likeness (QED) is 0.644. The van der Waals surface area contributed by atoms with E-state index in [0.717, 1.165) is 32.8 Å². The van der Waals surface area contributed by atoms with E-state index in [1.54, 1.807) is 0 Å². The first-order valence-corrected chi connectivity index (χ1v) is 5.08. The highest BCUT2D eigenvalue weighted by Gasteiger charge is 2.18. The standard InChI is InChI=1S/C10H19N3O/c1-12(5-3-4-11)8-10-9-13(2)6-7-14-10/h10H,3,5-9H2,1-2H3. The van der Waals surface area contributed by atoms with Crippen LogP contribution >= 0.6 is 0 Å². The normalized spacial score (nSPS) is 23.7. The lowest BCUT2D eigenvalue weighted by atomic mass is 10.2. The Morgan fingerprint density at radius 2 is 2.43 bits per heavy atom. The molecular weight excluding hydrogens is 178 g/mol. The number of hydrogen-bond donors (Lipinski definition) is 0. The van der Waals surface area contributed by atoms with Gasteiger partial charge in [0.25, 0.3) is 0 Å². The largest absolute Gasteiger partial charge is 0.374 e. The predicted molar refractivity (Wildman–Crippen MR) is 55.0 cm³/mol. The zero-order chi connectivity index (χ0) is 10.4. The molecule has 1 heterocycles. The molecule has 4 nitrogen and oxygen atoms in total. The summed E-state index contributed by atoms with van der Waals surface area (Å²) in [6.45, 7) is 4.61. The van der Waals surface area contributed by atoms with Crippen molar-refractivity contribution >= 4 is 0 Å². The first-order valence-electron chi connectivity index (χ1n) is 5.08. The van der Waals surface area contributed by atoms with E-state index in [2.05, 4.69) is 22.9 Å². The monoisotopic (exact) mass is 197 g/mol. The van der Waals surface area contributed by atoms with Gasteiger partial charge in [-0.3, -0.25) is 0 Å². The number of likely N-dealkylation sites (N-methyl/N-ethyl adjacent to an activating group) is 2. The lowest BCUT2D eigenvalue weighted by molar-refractivity contribution is -0.0322. The molecule has 14 heavy (non-hydrogen) atoms.